The van der Waals surface area contributed by atoms with Crippen molar-refractivity contribution in [2.24, 2.45) is 5.92 Å². The van der Waals surface area contributed by atoms with E-state index in [1.165, 1.54) is 42.4 Å². The summed E-state index contributed by atoms with van der Waals surface area (Å²) in [7, 11) is 0. The van der Waals surface area contributed by atoms with Gasteiger partial charge in [0.15, 0.2) is 4.34 Å². The van der Waals surface area contributed by atoms with Crippen LogP contribution in [0, 0.1) is 5.92 Å². The molecule has 2 fully saturated rings. The standard InChI is InChI=1S/C16H24N4O2S2/c1-10-5-3-4-6-13(10)17-14(22)9-23-16-19-18-15(24-16)20(11(2)21)12-7-8-12/h10,12-13H,3-9H2,1-2H3,(H,17,22)/t10-,13-/m1/s1. The zero-order valence-electron chi connectivity index (χ0n) is 14.2. The van der Waals surface area contributed by atoms with E-state index in [0.717, 1.165) is 23.6 Å². The Morgan fingerprint density at radius 2 is 2.00 bits per heavy atom. The third-order valence-electron chi connectivity index (χ3n) is 4.64. The molecule has 2 aliphatic rings. The van der Waals surface area contributed by atoms with E-state index in [0.29, 0.717) is 22.8 Å². The average Bonchev–Trinajstić information content (AvgIpc) is 3.25. The molecular formula is C16H24N4O2S2. The van der Waals surface area contributed by atoms with Gasteiger partial charge in [0.25, 0.3) is 0 Å². The van der Waals surface area contributed by atoms with E-state index in [1.54, 1.807) is 11.8 Å². The first-order valence-electron chi connectivity index (χ1n) is 8.60. The summed E-state index contributed by atoms with van der Waals surface area (Å²) in [5.74, 6) is 0.972. The van der Waals surface area contributed by atoms with Crippen molar-refractivity contribution in [1.82, 2.24) is 15.5 Å². The molecule has 0 aromatic carbocycles. The molecule has 0 spiro atoms. The monoisotopic (exact) mass is 368 g/mol. The predicted octanol–water partition coefficient (Wildman–Crippen LogP) is 2.84. The summed E-state index contributed by atoms with van der Waals surface area (Å²) in [6.07, 6.45) is 6.80. The largest absolute Gasteiger partial charge is 0.352 e. The van der Waals surface area contributed by atoms with E-state index in [4.69, 9.17) is 0 Å². The Morgan fingerprint density at radius 1 is 1.25 bits per heavy atom. The number of anilines is 1. The molecule has 132 valence electrons. The second-order valence-electron chi connectivity index (χ2n) is 6.70. The lowest BCUT2D eigenvalue weighted by atomic mass is 9.86. The van der Waals surface area contributed by atoms with Crippen LogP contribution < -0.4 is 10.2 Å². The van der Waals surface area contributed by atoms with Gasteiger partial charge < -0.3 is 5.32 Å². The molecule has 3 rings (SSSR count). The molecule has 1 heterocycles. The van der Waals surface area contributed by atoms with Gasteiger partial charge in [-0.25, -0.2) is 0 Å². The molecule has 6 nitrogen and oxygen atoms in total. The molecule has 0 unspecified atom stereocenters. The van der Waals surface area contributed by atoms with E-state index in [-0.39, 0.29) is 17.9 Å². The van der Waals surface area contributed by atoms with Crippen LogP contribution in [0.2, 0.25) is 0 Å². The summed E-state index contributed by atoms with van der Waals surface area (Å²) >= 11 is 2.79. The fourth-order valence-electron chi connectivity index (χ4n) is 3.15. The quantitative estimate of drug-likeness (QED) is 0.617. The Labute approximate surface area is 150 Å². The normalized spacial score (nSPS) is 23.8. The van der Waals surface area contributed by atoms with Crippen LogP contribution in [0.3, 0.4) is 0 Å². The first kappa shape index (κ1) is 17.7. The van der Waals surface area contributed by atoms with Crippen LogP contribution in [0.1, 0.15) is 52.4 Å². The predicted molar refractivity (Wildman–Crippen MR) is 96.4 cm³/mol. The molecule has 0 aliphatic heterocycles. The summed E-state index contributed by atoms with van der Waals surface area (Å²) < 4.78 is 0.740. The molecule has 8 heteroatoms. The lowest BCUT2D eigenvalue weighted by Crippen LogP contribution is -2.41. The minimum atomic E-state index is 0.00855. The van der Waals surface area contributed by atoms with Crippen molar-refractivity contribution in [1.29, 1.82) is 0 Å². The minimum Gasteiger partial charge on any atom is -0.352 e. The summed E-state index contributed by atoms with van der Waals surface area (Å²) in [6, 6.07) is 0.587. The molecule has 0 bridgehead atoms. The van der Waals surface area contributed by atoms with Gasteiger partial charge in [0.05, 0.1) is 5.75 Å². The number of nitrogens with one attached hydrogen (secondary N) is 1. The molecule has 2 atom stereocenters. The van der Waals surface area contributed by atoms with Gasteiger partial charge >= 0.3 is 0 Å². The summed E-state index contributed by atoms with van der Waals surface area (Å²) in [4.78, 5) is 25.6. The molecule has 2 amide bonds. The van der Waals surface area contributed by atoms with E-state index < -0.39 is 0 Å². The zero-order valence-corrected chi connectivity index (χ0v) is 15.8. The molecule has 1 aromatic heterocycles. The number of hydrogen-bond donors (Lipinski definition) is 1. The van der Waals surface area contributed by atoms with Crippen molar-refractivity contribution in [3.05, 3.63) is 0 Å². The van der Waals surface area contributed by atoms with Crippen LogP contribution in [0.5, 0.6) is 0 Å². The maximum Gasteiger partial charge on any atom is 0.230 e. The van der Waals surface area contributed by atoms with E-state index >= 15 is 0 Å². The van der Waals surface area contributed by atoms with Crippen LogP contribution in [0.15, 0.2) is 4.34 Å². The Hall–Kier alpha value is -1.15. The fourth-order valence-corrected chi connectivity index (χ4v) is 4.91. The van der Waals surface area contributed by atoms with Gasteiger partial charge in [-0.3, -0.25) is 14.5 Å². The van der Waals surface area contributed by atoms with Crippen LogP contribution in [0.4, 0.5) is 5.13 Å². The van der Waals surface area contributed by atoms with Crippen LogP contribution in [0.25, 0.3) is 0 Å². The number of carbonyl (C=O) groups is 2. The van der Waals surface area contributed by atoms with Crippen LogP contribution in [-0.2, 0) is 9.59 Å². The number of hydrogen-bond acceptors (Lipinski definition) is 6. The van der Waals surface area contributed by atoms with Crippen molar-refractivity contribution in [3.8, 4) is 0 Å². The first-order chi connectivity index (χ1) is 11.5. The van der Waals surface area contributed by atoms with Gasteiger partial charge in [0, 0.05) is 19.0 Å². The molecule has 0 radical (unpaired) electrons. The Balaban J connectivity index is 1.49. The maximum atomic E-state index is 12.2. The number of nitrogens with zero attached hydrogens (tertiary/aromatic N) is 3. The van der Waals surface area contributed by atoms with Crippen molar-refractivity contribution in [2.45, 2.75) is 68.8 Å². The topological polar surface area (TPSA) is 75.2 Å². The van der Waals surface area contributed by atoms with Crippen molar-refractivity contribution in [2.75, 3.05) is 10.7 Å². The molecule has 1 aromatic rings. The first-order valence-corrected chi connectivity index (χ1v) is 10.4. The zero-order chi connectivity index (χ0) is 17.1. The van der Waals surface area contributed by atoms with E-state index in [2.05, 4.69) is 22.4 Å². The third kappa shape index (κ3) is 4.47. The van der Waals surface area contributed by atoms with E-state index in [1.807, 2.05) is 0 Å². The van der Waals surface area contributed by atoms with Crippen molar-refractivity contribution >= 4 is 40.0 Å². The fraction of sp³-hybridized carbons (Fsp3) is 0.750. The van der Waals surface area contributed by atoms with E-state index in [9.17, 15) is 9.59 Å². The van der Waals surface area contributed by atoms with Crippen molar-refractivity contribution < 1.29 is 9.59 Å². The van der Waals surface area contributed by atoms with Gasteiger partial charge in [-0.1, -0.05) is 42.9 Å². The van der Waals surface area contributed by atoms with Crippen molar-refractivity contribution in [3.63, 3.8) is 0 Å². The molecule has 1 N–H and O–H groups in total. The highest BCUT2D eigenvalue weighted by molar-refractivity contribution is 8.01. The van der Waals surface area contributed by atoms with Gasteiger partial charge in [-0.2, -0.15) is 0 Å². The maximum absolute atomic E-state index is 12.2. The Kier molecular flexibility index (Phi) is 5.76. The lowest BCUT2D eigenvalue weighted by Gasteiger charge is -2.29. The van der Waals surface area contributed by atoms with Gasteiger partial charge in [0.2, 0.25) is 16.9 Å². The summed E-state index contributed by atoms with van der Waals surface area (Å²) in [5, 5.41) is 12.0. The van der Waals surface area contributed by atoms with Crippen LogP contribution >= 0.6 is 23.1 Å². The molecule has 0 saturated heterocycles. The number of aromatic nitrogens is 2. The number of carbonyl (C=O) groups excluding carboxylic acids is 2. The molecule has 2 aliphatic carbocycles. The number of rotatable bonds is 6. The highest BCUT2D eigenvalue weighted by Crippen LogP contribution is 2.35. The summed E-state index contributed by atoms with van der Waals surface area (Å²) in [5.41, 5.74) is 0. The Bertz CT molecular complexity index is 603. The Morgan fingerprint density at radius 3 is 2.67 bits per heavy atom. The second-order valence-corrected chi connectivity index (χ2v) is 8.87. The number of amides is 2. The van der Waals surface area contributed by atoms with Crippen LogP contribution in [-0.4, -0.2) is 39.8 Å². The highest BCUT2D eigenvalue weighted by atomic mass is 32.2. The average molecular weight is 369 g/mol. The van der Waals surface area contributed by atoms with Gasteiger partial charge in [-0.05, 0) is 31.6 Å². The summed E-state index contributed by atoms with van der Waals surface area (Å²) in [6.45, 7) is 3.77. The van der Waals surface area contributed by atoms with Gasteiger partial charge in [0.1, 0.15) is 0 Å². The highest BCUT2D eigenvalue weighted by Gasteiger charge is 2.34. The minimum absolute atomic E-state index is 0.00855. The van der Waals surface area contributed by atoms with Gasteiger partial charge in [-0.15, -0.1) is 10.2 Å². The number of thioether (sulfide) groups is 1. The lowest BCUT2D eigenvalue weighted by molar-refractivity contribution is -0.120. The second kappa shape index (κ2) is 7.82. The molecule has 2 saturated carbocycles. The SMILES string of the molecule is CC(=O)N(c1nnc(SCC(=O)N[C@@H]2CCCC[C@H]2C)s1)C1CC1. The smallest absolute Gasteiger partial charge is 0.230 e. The third-order valence-corrected chi connectivity index (χ3v) is 6.69. The molecule has 24 heavy (non-hydrogen) atoms. The molecular weight excluding hydrogens is 344 g/mol.